The van der Waals surface area contributed by atoms with Gasteiger partial charge < -0.3 is 14.2 Å². The van der Waals surface area contributed by atoms with Crippen LogP contribution in [0.4, 0.5) is 0 Å². The Bertz CT molecular complexity index is 1280. The second kappa shape index (κ2) is 8.35. The molecule has 0 aliphatic heterocycles. The molecule has 1 N–H and O–H groups in total. The Hall–Kier alpha value is -3.26. The highest BCUT2D eigenvalue weighted by atomic mass is 35.5. The predicted octanol–water partition coefficient (Wildman–Crippen LogP) is 4.95. The molecule has 3 aromatic heterocycles. The van der Waals surface area contributed by atoms with Crippen LogP contribution in [0.15, 0.2) is 35.1 Å². The van der Waals surface area contributed by atoms with Crippen LogP contribution >= 0.6 is 11.6 Å². The van der Waals surface area contributed by atoms with Crippen molar-refractivity contribution in [3.63, 3.8) is 0 Å². The third-order valence-corrected chi connectivity index (χ3v) is 6.25. The molecule has 0 amide bonds. The van der Waals surface area contributed by atoms with Gasteiger partial charge in [0.05, 0.1) is 24.9 Å². The van der Waals surface area contributed by atoms with Crippen molar-refractivity contribution in [1.82, 2.24) is 25.1 Å². The molecule has 32 heavy (non-hydrogen) atoms. The summed E-state index contributed by atoms with van der Waals surface area (Å²) in [5, 5.41) is 5.53. The molecule has 9 heteroatoms. The smallest absolute Gasteiger partial charge is 0.309 e. The Labute approximate surface area is 189 Å². The number of fused-ring (bicyclic) bond motifs is 3. The minimum Gasteiger partial charge on any atom is -0.466 e. The molecule has 8 nitrogen and oxygen atoms in total. The quantitative estimate of drug-likeness (QED) is 0.413. The third kappa shape index (κ3) is 3.54. The van der Waals surface area contributed by atoms with Crippen molar-refractivity contribution in [1.29, 1.82) is 0 Å². The predicted molar refractivity (Wildman–Crippen MR) is 119 cm³/mol. The van der Waals surface area contributed by atoms with Crippen LogP contribution in [-0.4, -0.2) is 37.7 Å². The third-order valence-electron chi connectivity index (χ3n) is 6.05. The lowest BCUT2D eigenvalue weighted by molar-refractivity contribution is -0.149. The zero-order valence-electron chi connectivity index (χ0n) is 17.8. The van der Waals surface area contributed by atoms with E-state index in [0.29, 0.717) is 23.3 Å². The van der Waals surface area contributed by atoms with Crippen LogP contribution in [-0.2, 0) is 16.0 Å². The minimum atomic E-state index is -0.135. The number of hydrogen-bond acceptors (Lipinski definition) is 7. The summed E-state index contributed by atoms with van der Waals surface area (Å²) in [4.78, 5) is 28.7. The van der Waals surface area contributed by atoms with E-state index in [0.717, 1.165) is 41.4 Å². The summed E-state index contributed by atoms with van der Waals surface area (Å²) >= 11 is 5.79. The Morgan fingerprint density at radius 1 is 1.31 bits per heavy atom. The van der Waals surface area contributed by atoms with E-state index in [-0.39, 0.29) is 23.7 Å². The highest BCUT2D eigenvalue weighted by Gasteiger charge is 2.36. The average Bonchev–Trinajstić information content (AvgIpc) is 3.51. The summed E-state index contributed by atoms with van der Waals surface area (Å²) in [5.74, 6) is 0.649. The van der Waals surface area contributed by atoms with Gasteiger partial charge in [-0.25, -0.2) is 9.97 Å². The second-order valence-electron chi connectivity index (χ2n) is 7.84. The van der Waals surface area contributed by atoms with E-state index < -0.39 is 0 Å². The maximum absolute atomic E-state index is 12.5. The Morgan fingerprint density at radius 2 is 2.19 bits per heavy atom. The van der Waals surface area contributed by atoms with E-state index in [1.165, 1.54) is 18.0 Å². The van der Waals surface area contributed by atoms with Gasteiger partial charge in [0.15, 0.2) is 0 Å². The molecule has 4 aromatic rings. The normalized spacial score (nSPS) is 16.3. The van der Waals surface area contributed by atoms with Crippen LogP contribution in [0.1, 0.15) is 43.9 Å². The van der Waals surface area contributed by atoms with E-state index in [1.54, 1.807) is 0 Å². The van der Waals surface area contributed by atoms with Gasteiger partial charge in [0.25, 0.3) is 5.89 Å². The Balaban J connectivity index is 1.47. The van der Waals surface area contributed by atoms with Gasteiger partial charge in [0.2, 0.25) is 5.82 Å². The van der Waals surface area contributed by atoms with E-state index >= 15 is 0 Å². The van der Waals surface area contributed by atoms with Crippen LogP contribution in [0, 0.1) is 5.92 Å². The number of esters is 1. The van der Waals surface area contributed by atoms with Crippen molar-refractivity contribution in [2.45, 2.75) is 39.0 Å². The number of hydrogen-bond donors (Lipinski definition) is 1. The number of benzene rings is 1. The fourth-order valence-corrected chi connectivity index (χ4v) is 4.67. The number of nitrogens with zero attached hydrogens (tertiary/aromatic N) is 4. The van der Waals surface area contributed by atoms with Gasteiger partial charge in [0, 0.05) is 28.1 Å². The van der Waals surface area contributed by atoms with Gasteiger partial charge in [-0.15, -0.1) is 0 Å². The molecular weight excluding hydrogens is 430 g/mol. The lowest BCUT2D eigenvalue weighted by atomic mass is 9.88. The van der Waals surface area contributed by atoms with Crippen molar-refractivity contribution in [2.24, 2.45) is 5.92 Å². The maximum Gasteiger partial charge on any atom is 0.309 e. The highest BCUT2D eigenvalue weighted by Crippen LogP contribution is 2.43. The first-order valence-corrected chi connectivity index (χ1v) is 11.1. The number of nitrogens with one attached hydrogen (secondary N) is 1. The fourth-order valence-electron chi connectivity index (χ4n) is 4.57. The number of aryl methyl sites for hydroxylation is 1. The zero-order valence-corrected chi connectivity index (χ0v) is 18.5. The molecule has 2 unspecified atom stereocenters. The second-order valence-corrected chi connectivity index (χ2v) is 8.22. The molecule has 0 fully saturated rings. The first kappa shape index (κ1) is 20.6. The Kier molecular flexibility index (Phi) is 5.38. The molecule has 0 saturated heterocycles. The van der Waals surface area contributed by atoms with Crippen LogP contribution in [0.5, 0.6) is 0 Å². The summed E-state index contributed by atoms with van der Waals surface area (Å²) in [5.41, 5.74) is 4.74. The highest BCUT2D eigenvalue weighted by molar-refractivity contribution is 6.29. The molecule has 1 aliphatic carbocycles. The first-order valence-electron chi connectivity index (χ1n) is 10.7. The number of halogens is 1. The number of carbonyl (C=O) groups excluding carboxylic acids is 1. The van der Waals surface area contributed by atoms with E-state index in [9.17, 15) is 4.79 Å². The van der Waals surface area contributed by atoms with Crippen molar-refractivity contribution in [2.75, 3.05) is 6.61 Å². The standard InChI is InChI=1S/C23H22ClN5O3/c1-3-13(23(30)31-4-2)14-6-7-15-16-9-12(5-8-17(16)27-20(14)15)21-28-22(32-29-21)18-10-26-19(24)11-25-18/h5,8-11,13-14,27H,3-4,6-7H2,1-2H3. The molecule has 1 aromatic carbocycles. The van der Waals surface area contributed by atoms with Gasteiger partial charge in [-0.3, -0.25) is 4.79 Å². The average molecular weight is 452 g/mol. The molecule has 2 atom stereocenters. The molecule has 0 saturated carbocycles. The van der Waals surface area contributed by atoms with Gasteiger partial charge in [-0.05, 0) is 49.9 Å². The van der Waals surface area contributed by atoms with Gasteiger partial charge >= 0.3 is 5.97 Å². The van der Waals surface area contributed by atoms with Gasteiger partial charge in [0.1, 0.15) is 10.8 Å². The summed E-state index contributed by atoms with van der Waals surface area (Å²) < 4.78 is 10.7. The van der Waals surface area contributed by atoms with Crippen LogP contribution < -0.4 is 0 Å². The van der Waals surface area contributed by atoms with Crippen LogP contribution in [0.2, 0.25) is 5.15 Å². The summed E-state index contributed by atoms with van der Waals surface area (Å²) in [6, 6.07) is 6.04. The zero-order chi connectivity index (χ0) is 22.2. The number of ether oxygens (including phenoxy) is 1. The molecule has 0 radical (unpaired) electrons. The van der Waals surface area contributed by atoms with E-state index in [2.05, 4.69) is 31.2 Å². The molecule has 164 valence electrons. The number of aromatic amines is 1. The lowest BCUT2D eigenvalue weighted by Crippen LogP contribution is -2.23. The van der Waals surface area contributed by atoms with Crippen molar-refractivity contribution >= 4 is 28.5 Å². The van der Waals surface area contributed by atoms with E-state index in [4.69, 9.17) is 20.9 Å². The molecule has 5 rings (SSSR count). The number of rotatable bonds is 6. The number of aromatic nitrogens is 5. The summed E-state index contributed by atoms with van der Waals surface area (Å²) in [6.07, 6.45) is 5.53. The van der Waals surface area contributed by atoms with Crippen molar-refractivity contribution in [3.05, 3.63) is 47.0 Å². The molecular formula is C23H22ClN5O3. The monoisotopic (exact) mass is 451 g/mol. The van der Waals surface area contributed by atoms with Crippen LogP contribution in [0.25, 0.3) is 33.9 Å². The fraction of sp³-hybridized carbons (Fsp3) is 0.348. The van der Waals surface area contributed by atoms with Crippen molar-refractivity contribution in [3.8, 4) is 23.0 Å². The Morgan fingerprint density at radius 3 is 2.94 bits per heavy atom. The molecule has 3 heterocycles. The molecule has 1 aliphatic rings. The first-order chi connectivity index (χ1) is 15.6. The summed E-state index contributed by atoms with van der Waals surface area (Å²) in [6.45, 7) is 4.29. The number of carbonyl (C=O) groups is 1. The largest absolute Gasteiger partial charge is 0.466 e. The molecule has 0 spiro atoms. The maximum atomic E-state index is 12.5. The SMILES string of the molecule is CCOC(=O)C(CC)C1CCc2c1[nH]c1ccc(-c3noc(-c4cnc(Cl)cn4)n3)cc21. The van der Waals surface area contributed by atoms with Crippen molar-refractivity contribution < 1.29 is 14.1 Å². The lowest BCUT2D eigenvalue weighted by Gasteiger charge is -2.20. The van der Waals surface area contributed by atoms with Gasteiger partial charge in [-0.1, -0.05) is 23.7 Å². The number of H-pyrrole nitrogens is 1. The summed E-state index contributed by atoms with van der Waals surface area (Å²) in [7, 11) is 0. The van der Waals surface area contributed by atoms with Gasteiger partial charge in [-0.2, -0.15) is 4.98 Å². The van der Waals surface area contributed by atoms with E-state index in [1.807, 2.05) is 26.0 Å². The van der Waals surface area contributed by atoms with Crippen LogP contribution in [0.3, 0.4) is 0 Å². The topological polar surface area (TPSA) is 107 Å². The minimum absolute atomic E-state index is 0.114. The molecule has 0 bridgehead atoms.